The molecular formula is C11H14F3. The third-order valence-electron chi connectivity index (χ3n) is 2.30. The van der Waals surface area contributed by atoms with Crippen molar-refractivity contribution in [3.63, 3.8) is 0 Å². The second-order valence-electron chi connectivity index (χ2n) is 4.50. The molecule has 1 aliphatic carbocycles. The van der Waals surface area contributed by atoms with Gasteiger partial charge in [-0.3, -0.25) is 0 Å². The van der Waals surface area contributed by atoms with Gasteiger partial charge in [-0.1, -0.05) is 44.6 Å². The molecule has 0 aromatic heterocycles. The minimum Gasteiger partial charge on any atom is -0.170 e. The van der Waals surface area contributed by atoms with E-state index in [4.69, 9.17) is 0 Å². The number of rotatable bonds is 0. The van der Waals surface area contributed by atoms with Gasteiger partial charge in [0.05, 0.1) is 0 Å². The molecular weight excluding hydrogens is 189 g/mol. The van der Waals surface area contributed by atoms with Gasteiger partial charge in [-0.15, -0.1) is 0 Å². The molecule has 0 aliphatic heterocycles. The zero-order chi connectivity index (χ0) is 11.0. The summed E-state index contributed by atoms with van der Waals surface area (Å²) in [4.78, 5) is 0. The Kier molecular flexibility index (Phi) is 2.79. The Bertz CT molecular complexity index is 263. The largest absolute Gasteiger partial charge is 0.399 e. The molecule has 0 unspecified atom stereocenters. The molecule has 0 amide bonds. The number of allylic oxidation sites excluding steroid dienone is 4. The Morgan fingerprint density at radius 2 is 1.71 bits per heavy atom. The number of alkyl halides is 3. The first-order valence-corrected chi connectivity index (χ1v) is 4.52. The molecule has 0 fully saturated rings. The highest BCUT2D eigenvalue weighted by molar-refractivity contribution is 5.34. The molecule has 0 bridgehead atoms. The maximum atomic E-state index is 12.4. The molecule has 1 radical (unpaired) electrons. The molecule has 0 saturated heterocycles. The normalized spacial score (nSPS) is 19.7. The fourth-order valence-corrected chi connectivity index (χ4v) is 1.31. The van der Waals surface area contributed by atoms with Gasteiger partial charge in [0.25, 0.3) is 0 Å². The van der Waals surface area contributed by atoms with Crippen molar-refractivity contribution < 1.29 is 13.2 Å². The van der Waals surface area contributed by atoms with Gasteiger partial charge >= 0.3 is 6.18 Å². The van der Waals surface area contributed by atoms with Crippen molar-refractivity contribution in [2.45, 2.75) is 33.4 Å². The summed E-state index contributed by atoms with van der Waals surface area (Å²) in [5, 5.41) is 0. The van der Waals surface area contributed by atoms with E-state index >= 15 is 0 Å². The van der Waals surface area contributed by atoms with E-state index in [1.165, 1.54) is 6.08 Å². The Hall–Kier alpha value is -0.730. The SMILES string of the molecule is CC(C)(C)C1=CC=C[C](C(F)(F)F)C1. The van der Waals surface area contributed by atoms with Gasteiger partial charge in [0, 0.05) is 0 Å². The predicted octanol–water partition coefficient (Wildman–Crippen LogP) is 4.06. The lowest BCUT2D eigenvalue weighted by atomic mass is 9.78. The molecule has 3 heteroatoms. The first-order chi connectivity index (χ1) is 6.21. The lowest BCUT2D eigenvalue weighted by Gasteiger charge is -2.28. The van der Waals surface area contributed by atoms with Gasteiger partial charge in [0.2, 0.25) is 0 Å². The molecule has 0 aromatic rings. The summed E-state index contributed by atoms with van der Waals surface area (Å²) >= 11 is 0. The monoisotopic (exact) mass is 203 g/mol. The minimum absolute atomic E-state index is 0.0174. The van der Waals surface area contributed by atoms with Crippen LogP contribution in [0.5, 0.6) is 0 Å². The first kappa shape index (κ1) is 11.3. The molecule has 1 aliphatic rings. The molecule has 1 rings (SSSR count). The van der Waals surface area contributed by atoms with Crippen LogP contribution in [0, 0.1) is 11.3 Å². The summed E-state index contributed by atoms with van der Waals surface area (Å²) < 4.78 is 37.2. The van der Waals surface area contributed by atoms with Gasteiger partial charge in [-0.2, -0.15) is 13.2 Å². The van der Waals surface area contributed by atoms with Crippen LogP contribution in [0.15, 0.2) is 23.8 Å². The average Bonchev–Trinajstić information content (AvgIpc) is 2.01. The third-order valence-corrected chi connectivity index (χ3v) is 2.30. The van der Waals surface area contributed by atoms with Crippen molar-refractivity contribution >= 4 is 0 Å². The van der Waals surface area contributed by atoms with Crippen molar-refractivity contribution in [2.75, 3.05) is 0 Å². The van der Waals surface area contributed by atoms with Gasteiger partial charge in [-0.25, -0.2) is 0 Å². The lowest BCUT2D eigenvalue weighted by Crippen LogP contribution is -2.23. The van der Waals surface area contributed by atoms with E-state index in [0.717, 1.165) is 11.6 Å². The van der Waals surface area contributed by atoms with E-state index in [0.29, 0.717) is 0 Å². The molecule has 14 heavy (non-hydrogen) atoms. The lowest BCUT2D eigenvalue weighted by molar-refractivity contribution is -0.110. The van der Waals surface area contributed by atoms with Crippen molar-refractivity contribution in [1.82, 2.24) is 0 Å². The van der Waals surface area contributed by atoms with E-state index in [1.54, 1.807) is 6.08 Å². The Morgan fingerprint density at radius 1 is 1.14 bits per heavy atom. The Morgan fingerprint density at radius 3 is 2.14 bits per heavy atom. The van der Waals surface area contributed by atoms with E-state index in [2.05, 4.69) is 0 Å². The smallest absolute Gasteiger partial charge is 0.170 e. The van der Waals surface area contributed by atoms with Crippen LogP contribution in [-0.4, -0.2) is 6.18 Å². The van der Waals surface area contributed by atoms with Crippen LogP contribution in [0.2, 0.25) is 0 Å². The zero-order valence-electron chi connectivity index (χ0n) is 8.57. The van der Waals surface area contributed by atoms with E-state index < -0.39 is 12.1 Å². The first-order valence-electron chi connectivity index (χ1n) is 4.52. The molecule has 0 saturated carbocycles. The predicted molar refractivity (Wildman–Crippen MR) is 50.6 cm³/mol. The van der Waals surface area contributed by atoms with Crippen LogP contribution in [0.1, 0.15) is 27.2 Å². The van der Waals surface area contributed by atoms with Gasteiger partial charge in [0.15, 0.2) is 0 Å². The fourth-order valence-electron chi connectivity index (χ4n) is 1.31. The highest BCUT2D eigenvalue weighted by atomic mass is 19.4. The molecule has 0 atom stereocenters. The highest BCUT2D eigenvalue weighted by Gasteiger charge is 2.40. The number of hydrogen-bond donors (Lipinski definition) is 0. The van der Waals surface area contributed by atoms with Crippen LogP contribution in [0.3, 0.4) is 0 Å². The number of halogens is 3. The standard InChI is InChI=1S/C11H14F3/c1-10(2,3)8-5-4-6-9(7-8)11(12,13)14/h4-6H,7H2,1-3H3. The van der Waals surface area contributed by atoms with Gasteiger partial charge < -0.3 is 0 Å². The van der Waals surface area contributed by atoms with Gasteiger partial charge in [0.1, 0.15) is 5.92 Å². The van der Waals surface area contributed by atoms with Crippen LogP contribution < -0.4 is 0 Å². The zero-order valence-corrected chi connectivity index (χ0v) is 8.57. The maximum absolute atomic E-state index is 12.4. The second kappa shape index (κ2) is 3.44. The summed E-state index contributed by atoms with van der Waals surface area (Å²) in [6.07, 6.45) is 0.224. The van der Waals surface area contributed by atoms with E-state index in [1.807, 2.05) is 20.8 Å². The van der Waals surface area contributed by atoms with Crippen LogP contribution in [0.4, 0.5) is 13.2 Å². The molecule has 0 N–H and O–H groups in total. The van der Waals surface area contributed by atoms with Crippen molar-refractivity contribution in [1.29, 1.82) is 0 Å². The maximum Gasteiger partial charge on any atom is 0.399 e. The van der Waals surface area contributed by atoms with Crippen LogP contribution >= 0.6 is 0 Å². The molecule has 0 spiro atoms. The molecule has 0 heterocycles. The Balaban J connectivity index is 2.80. The fraction of sp³-hybridized carbons (Fsp3) is 0.545. The van der Waals surface area contributed by atoms with Crippen molar-refractivity contribution in [2.24, 2.45) is 5.41 Å². The molecule has 0 aromatic carbocycles. The van der Waals surface area contributed by atoms with Crippen molar-refractivity contribution in [3.05, 3.63) is 29.7 Å². The topological polar surface area (TPSA) is 0 Å². The summed E-state index contributed by atoms with van der Waals surface area (Å²) in [7, 11) is 0. The summed E-state index contributed by atoms with van der Waals surface area (Å²) in [6, 6.07) is 0. The quantitative estimate of drug-likeness (QED) is 0.557. The molecule has 79 valence electrons. The highest BCUT2D eigenvalue weighted by Crippen LogP contribution is 2.41. The summed E-state index contributed by atoms with van der Waals surface area (Å²) in [6.45, 7) is 5.77. The van der Waals surface area contributed by atoms with Crippen LogP contribution in [0.25, 0.3) is 0 Å². The van der Waals surface area contributed by atoms with Crippen LogP contribution in [-0.2, 0) is 0 Å². The second-order valence-corrected chi connectivity index (χ2v) is 4.50. The summed E-state index contributed by atoms with van der Waals surface area (Å²) in [5.74, 6) is -0.454. The third kappa shape index (κ3) is 2.63. The average molecular weight is 203 g/mol. The van der Waals surface area contributed by atoms with Crippen molar-refractivity contribution in [3.8, 4) is 0 Å². The molecule has 0 nitrogen and oxygen atoms in total. The minimum atomic E-state index is -4.19. The van der Waals surface area contributed by atoms with Gasteiger partial charge in [-0.05, 0) is 11.8 Å². The van der Waals surface area contributed by atoms with E-state index in [-0.39, 0.29) is 11.8 Å². The van der Waals surface area contributed by atoms with E-state index in [9.17, 15) is 13.2 Å². The number of hydrogen-bond acceptors (Lipinski definition) is 0. The summed E-state index contributed by atoms with van der Waals surface area (Å²) in [5.41, 5.74) is 0.633. The Labute approximate surface area is 82.5 Å².